The smallest absolute Gasteiger partial charge is 0.218 e. The summed E-state index contributed by atoms with van der Waals surface area (Å²) < 4.78 is 5.58. The number of nitrogens with zero attached hydrogens (tertiary/aromatic N) is 2. The van der Waals surface area contributed by atoms with Crippen molar-refractivity contribution in [2.45, 2.75) is 13.0 Å². The second kappa shape index (κ2) is 5.68. The summed E-state index contributed by atoms with van der Waals surface area (Å²) in [5, 5.41) is 0. The van der Waals surface area contributed by atoms with Crippen LogP contribution in [0.3, 0.4) is 0 Å². The van der Waals surface area contributed by atoms with Gasteiger partial charge < -0.3 is 15.4 Å². The van der Waals surface area contributed by atoms with Crippen LogP contribution in [0.1, 0.15) is 18.5 Å². The fraction of sp³-hybridized carbons (Fsp3) is 0.545. The predicted molar refractivity (Wildman–Crippen MR) is 60.9 cm³/mol. The van der Waals surface area contributed by atoms with Crippen LogP contribution in [0.15, 0.2) is 18.3 Å². The molecule has 2 N–H and O–H groups in total. The van der Waals surface area contributed by atoms with E-state index < -0.39 is 0 Å². The largest absolute Gasteiger partial charge is 0.476 e. The van der Waals surface area contributed by atoms with Gasteiger partial charge in [0.2, 0.25) is 5.88 Å². The van der Waals surface area contributed by atoms with E-state index in [0.717, 1.165) is 12.1 Å². The first-order valence-corrected chi connectivity index (χ1v) is 5.09. The van der Waals surface area contributed by atoms with E-state index >= 15 is 0 Å². The van der Waals surface area contributed by atoms with Crippen molar-refractivity contribution in [3.63, 3.8) is 0 Å². The summed E-state index contributed by atoms with van der Waals surface area (Å²) in [7, 11) is 4.02. The highest BCUT2D eigenvalue weighted by molar-refractivity contribution is 5.28. The molecule has 0 radical (unpaired) electrons. The van der Waals surface area contributed by atoms with E-state index in [0.29, 0.717) is 12.5 Å². The molecule has 1 aromatic heterocycles. The lowest BCUT2D eigenvalue weighted by Crippen LogP contribution is -2.20. The molecular weight excluding hydrogens is 190 g/mol. The molecule has 0 fully saturated rings. The Morgan fingerprint density at radius 3 is 2.87 bits per heavy atom. The molecule has 0 aliphatic rings. The number of nitrogens with two attached hydrogens (primary N) is 1. The third-order valence-electron chi connectivity index (χ3n) is 2.07. The zero-order valence-electron chi connectivity index (χ0n) is 9.60. The minimum absolute atomic E-state index is 0.0481. The van der Waals surface area contributed by atoms with Crippen molar-refractivity contribution in [2.75, 3.05) is 27.2 Å². The van der Waals surface area contributed by atoms with Crippen LogP contribution in [0.5, 0.6) is 5.88 Å². The summed E-state index contributed by atoms with van der Waals surface area (Å²) in [4.78, 5) is 6.24. The maximum absolute atomic E-state index is 5.82. The molecule has 1 aromatic rings. The highest BCUT2D eigenvalue weighted by atomic mass is 16.5. The van der Waals surface area contributed by atoms with Crippen molar-refractivity contribution >= 4 is 0 Å². The lowest BCUT2D eigenvalue weighted by atomic mass is 10.1. The molecule has 4 nitrogen and oxygen atoms in total. The summed E-state index contributed by atoms with van der Waals surface area (Å²) in [5.74, 6) is 0.648. The van der Waals surface area contributed by atoms with Crippen LogP contribution in [0.2, 0.25) is 0 Å². The molecule has 0 saturated carbocycles. The van der Waals surface area contributed by atoms with Gasteiger partial charge in [0.25, 0.3) is 0 Å². The number of pyridine rings is 1. The van der Waals surface area contributed by atoms with Crippen molar-refractivity contribution in [1.82, 2.24) is 9.88 Å². The van der Waals surface area contributed by atoms with Crippen LogP contribution in [0, 0.1) is 0 Å². The normalized spacial score (nSPS) is 12.9. The first kappa shape index (κ1) is 11.9. The average molecular weight is 209 g/mol. The number of likely N-dealkylation sites (N-methyl/N-ethyl adjacent to an activating group) is 1. The molecule has 0 aliphatic heterocycles. The van der Waals surface area contributed by atoms with E-state index in [2.05, 4.69) is 9.88 Å². The molecule has 0 saturated heterocycles. The summed E-state index contributed by atoms with van der Waals surface area (Å²) >= 11 is 0. The number of aromatic nitrogens is 1. The monoisotopic (exact) mass is 209 g/mol. The summed E-state index contributed by atoms with van der Waals surface area (Å²) in [6.07, 6.45) is 1.72. The third kappa shape index (κ3) is 3.85. The highest BCUT2D eigenvalue weighted by Crippen LogP contribution is 2.19. The van der Waals surface area contributed by atoms with E-state index in [1.165, 1.54) is 0 Å². The highest BCUT2D eigenvalue weighted by Gasteiger charge is 2.08. The lowest BCUT2D eigenvalue weighted by molar-refractivity contribution is 0.251. The van der Waals surface area contributed by atoms with Gasteiger partial charge in [-0.25, -0.2) is 4.98 Å². The summed E-state index contributed by atoms with van der Waals surface area (Å²) in [6.45, 7) is 3.43. The summed E-state index contributed by atoms with van der Waals surface area (Å²) in [6, 6.07) is 3.77. The Hall–Kier alpha value is -1.13. The van der Waals surface area contributed by atoms with Crippen LogP contribution >= 0.6 is 0 Å². The minimum atomic E-state index is -0.0481. The molecule has 1 atom stereocenters. The Morgan fingerprint density at radius 1 is 1.53 bits per heavy atom. The second-order valence-electron chi connectivity index (χ2n) is 3.84. The Balaban J connectivity index is 2.59. The zero-order chi connectivity index (χ0) is 11.3. The minimum Gasteiger partial charge on any atom is -0.476 e. The second-order valence-corrected chi connectivity index (χ2v) is 3.84. The molecule has 4 heteroatoms. The van der Waals surface area contributed by atoms with Gasteiger partial charge >= 0.3 is 0 Å². The van der Waals surface area contributed by atoms with Gasteiger partial charge in [-0.05, 0) is 27.1 Å². The van der Waals surface area contributed by atoms with E-state index in [1.54, 1.807) is 6.20 Å². The van der Waals surface area contributed by atoms with Crippen LogP contribution in [0.25, 0.3) is 0 Å². The molecular formula is C11H19N3O. The van der Waals surface area contributed by atoms with Crippen molar-refractivity contribution < 1.29 is 4.74 Å². The molecule has 0 unspecified atom stereocenters. The van der Waals surface area contributed by atoms with Crippen LogP contribution < -0.4 is 10.5 Å². The maximum Gasteiger partial charge on any atom is 0.218 e. The van der Waals surface area contributed by atoms with Crippen molar-refractivity contribution in [2.24, 2.45) is 5.73 Å². The zero-order valence-corrected chi connectivity index (χ0v) is 9.60. The fourth-order valence-corrected chi connectivity index (χ4v) is 1.20. The predicted octanol–water partition coefficient (Wildman–Crippen LogP) is 1.04. The van der Waals surface area contributed by atoms with Crippen molar-refractivity contribution in [3.05, 3.63) is 23.9 Å². The fourth-order valence-electron chi connectivity index (χ4n) is 1.20. The topological polar surface area (TPSA) is 51.4 Å². The molecule has 0 spiro atoms. The van der Waals surface area contributed by atoms with Crippen LogP contribution in [-0.4, -0.2) is 37.1 Å². The Morgan fingerprint density at radius 2 is 2.27 bits per heavy atom. The summed E-state index contributed by atoms with van der Waals surface area (Å²) in [5.41, 5.74) is 6.77. The molecule has 1 heterocycles. The van der Waals surface area contributed by atoms with Gasteiger partial charge in [-0.1, -0.05) is 6.07 Å². The van der Waals surface area contributed by atoms with E-state index in [4.69, 9.17) is 10.5 Å². The quantitative estimate of drug-likeness (QED) is 0.787. The Bertz CT molecular complexity index is 300. The number of hydrogen-bond donors (Lipinski definition) is 1. The van der Waals surface area contributed by atoms with Crippen molar-refractivity contribution in [3.8, 4) is 5.88 Å². The van der Waals surface area contributed by atoms with Gasteiger partial charge in [0, 0.05) is 24.3 Å². The first-order chi connectivity index (χ1) is 7.11. The SMILES string of the molecule is C[C@@H](N)c1cccnc1OCCN(C)C. The molecule has 15 heavy (non-hydrogen) atoms. The average Bonchev–Trinajstić information content (AvgIpc) is 2.17. The first-order valence-electron chi connectivity index (χ1n) is 5.09. The van der Waals surface area contributed by atoms with Gasteiger partial charge in [-0.2, -0.15) is 0 Å². The third-order valence-corrected chi connectivity index (χ3v) is 2.07. The molecule has 0 aliphatic carbocycles. The van der Waals surface area contributed by atoms with E-state index in [1.807, 2.05) is 33.2 Å². The van der Waals surface area contributed by atoms with Gasteiger partial charge in [0.15, 0.2) is 0 Å². The molecule has 0 amide bonds. The standard InChI is InChI=1S/C11H19N3O/c1-9(12)10-5-4-6-13-11(10)15-8-7-14(2)3/h4-6,9H,7-8,12H2,1-3H3/t9-/m1/s1. The van der Waals surface area contributed by atoms with Gasteiger partial charge in [-0.3, -0.25) is 0 Å². The van der Waals surface area contributed by atoms with E-state index in [9.17, 15) is 0 Å². The number of rotatable bonds is 5. The van der Waals surface area contributed by atoms with Crippen molar-refractivity contribution in [1.29, 1.82) is 0 Å². The Kier molecular flexibility index (Phi) is 4.52. The molecule has 0 aromatic carbocycles. The van der Waals surface area contributed by atoms with Crippen LogP contribution in [0.4, 0.5) is 0 Å². The van der Waals surface area contributed by atoms with Crippen LogP contribution in [-0.2, 0) is 0 Å². The van der Waals surface area contributed by atoms with Gasteiger partial charge in [0.1, 0.15) is 6.61 Å². The van der Waals surface area contributed by atoms with Gasteiger partial charge in [0.05, 0.1) is 0 Å². The lowest BCUT2D eigenvalue weighted by Gasteiger charge is -2.14. The molecule has 0 bridgehead atoms. The van der Waals surface area contributed by atoms with E-state index in [-0.39, 0.29) is 6.04 Å². The number of hydrogen-bond acceptors (Lipinski definition) is 4. The molecule has 84 valence electrons. The maximum atomic E-state index is 5.82. The number of ether oxygens (including phenoxy) is 1. The molecule has 1 rings (SSSR count). The Labute approximate surface area is 91.1 Å². The van der Waals surface area contributed by atoms with Gasteiger partial charge in [-0.15, -0.1) is 0 Å².